The molecule has 1 rings (SSSR count). The summed E-state index contributed by atoms with van der Waals surface area (Å²) in [4.78, 5) is 11.2. The van der Waals surface area contributed by atoms with E-state index in [1.807, 2.05) is 0 Å². The zero-order valence-corrected chi connectivity index (χ0v) is 9.56. The van der Waals surface area contributed by atoms with Gasteiger partial charge in [0.2, 0.25) is 15.9 Å². The highest BCUT2D eigenvalue weighted by molar-refractivity contribution is 7.89. The lowest BCUT2D eigenvalue weighted by atomic mass is 10.5. The van der Waals surface area contributed by atoms with Crippen LogP contribution in [0, 0.1) is 0 Å². The maximum atomic E-state index is 11.2. The molecule has 15 heavy (non-hydrogen) atoms. The molecule has 1 aliphatic rings. The van der Waals surface area contributed by atoms with Crippen LogP contribution in [0.25, 0.3) is 0 Å². The Kier molecular flexibility index (Phi) is 4.49. The molecule has 0 saturated heterocycles. The summed E-state index contributed by atoms with van der Waals surface area (Å²) in [5.41, 5.74) is 0. The van der Waals surface area contributed by atoms with Gasteiger partial charge >= 0.3 is 0 Å². The predicted octanol–water partition coefficient (Wildman–Crippen LogP) is -1.60. The van der Waals surface area contributed by atoms with E-state index in [4.69, 9.17) is 0 Å². The van der Waals surface area contributed by atoms with Gasteiger partial charge in [-0.2, -0.15) is 0 Å². The first-order valence-electron chi connectivity index (χ1n) is 4.95. The molecular formula is C8H17N3O3S. The van der Waals surface area contributed by atoms with Gasteiger partial charge < -0.3 is 10.6 Å². The van der Waals surface area contributed by atoms with E-state index >= 15 is 0 Å². The van der Waals surface area contributed by atoms with Crippen LogP contribution in [0.5, 0.6) is 0 Å². The van der Waals surface area contributed by atoms with Crippen molar-refractivity contribution in [2.24, 2.45) is 0 Å². The van der Waals surface area contributed by atoms with Gasteiger partial charge in [-0.25, -0.2) is 13.1 Å². The number of hydrogen-bond donors (Lipinski definition) is 3. The maximum Gasteiger partial charge on any atom is 0.233 e. The molecule has 0 aromatic carbocycles. The number of hydrogen-bond acceptors (Lipinski definition) is 4. The summed E-state index contributed by atoms with van der Waals surface area (Å²) in [5.74, 6) is -0.244. The molecule has 0 aromatic rings. The van der Waals surface area contributed by atoms with Crippen molar-refractivity contribution in [2.75, 3.05) is 25.9 Å². The van der Waals surface area contributed by atoms with E-state index < -0.39 is 10.0 Å². The summed E-state index contributed by atoms with van der Waals surface area (Å²) >= 11 is 0. The highest BCUT2D eigenvalue weighted by atomic mass is 32.2. The van der Waals surface area contributed by atoms with Gasteiger partial charge in [0, 0.05) is 12.6 Å². The largest absolute Gasteiger partial charge is 0.354 e. The number of rotatable bonds is 7. The molecule has 1 saturated carbocycles. The van der Waals surface area contributed by atoms with Crippen molar-refractivity contribution in [3.8, 4) is 0 Å². The lowest BCUT2D eigenvalue weighted by Gasteiger charge is -2.05. The molecule has 0 bridgehead atoms. The van der Waals surface area contributed by atoms with Crippen LogP contribution in [0.1, 0.15) is 12.8 Å². The van der Waals surface area contributed by atoms with E-state index in [2.05, 4.69) is 15.4 Å². The molecule has 6 nitrogen and oxygen atoms in total. The number of carbonyl (C=O) groups is 1. The summed E-state index contributed by atoms with van der Waals surface area (Å²) in [6.45, 7) is 0.415. The SMILES string of the molecule is CNS(=O)(=O)CCNC(=O)CNC1CC1. The molecule has 1 amide bonds. The first kappa shape index (κ1) is 12.4. The van der Waals surface area contributed by atoms with E-state index in [-0.39, 0.29) is 24.7 Å². The lowest BCUT2D eigenvalue weighted by Crippen LogP contribution is -2.38. The zero-order chi connectivity index (χ0) is 11.3. The van der Waals surface area contributed by atoms with Crippen molar-refractivity contribution in [3.05, 3.63) is 0 Å². The Bertz CT molecular complexity index is 311. The van der Waals surface area contributed by atoms with Gasteiger partial charge in [-0.05, 0) is 19.9 Å². The third-order valence-corrected chi connectivity index (χ3v) is 3.50. The Morgan fingerprint density at radius 2 is 2.07 bits per heavy atom. The van der Waals surface area contributed by atoms with Gasteiger partial charge in [-0.1, -0.05) is 0 Å². The van der Waals surface area contributed by atoms with Crippen molar-refractivity contribution >= 4 is 15.9 Å². The fourth-order valence-electron chi connectivity index (χ4n) is 1.01. The normalized spacial score (nSPS) is 16.3. The number of amides is 1. The van der Waals surface area contributed by atoms with Gasteiger partial charge in [-0.3, -0.25) is 4.79 Å². The molecule has 0 spiro atoms. The first-order chi connectivity index (χ1) is 7.03. The van der Waals surface area contributed by atoms with Crippen LogP contribution < -0.4 is 15.4 Å². The minimum Gasteiger partial charge on any atom is -0.354 e. The van der Waals surface area contributed by atoms with E-state index in [9.17, 15) is 13.2 Å². The molecule has 0 radical (unpaired) electrons. The molecule has 1 fully saturated rings. The Hall–Kier alpha value is -0.660. The third kappa shape index (κ3) is 5.71. The summed E-state index contributed by atoms with van der Waals surface area (Å²) in [5, 5.41) is 5.58. The molecule has 7 heteroatoms. The molecule has 3 N–H and O–H groups in total. The van der Waals surface area contributed by atoms with Crippen molar-refractivity contribution in [2.45, 2.75) is 18.9 Å². The van der Waals surface area contributed by atoms with Gasteiger partial charge in [0.15, 0.2) is 0 Å². The third-order valence-electron chi connectivity index (χ3n) is 2.13. The maximum absolute atomic E-state index is 11.2. The predicted molar refractivity (Wildman–Crippen MR) is 56.9 cm³/mol. The van der Waals surface area contributed by atoms with Crippen LogP contribution in [0.15, 0.2) is 0 Å². The Labute approximate surface area is 89.9 Å². The van der Waals surface area contributed by atoms with Crippen molar-refractivity contribution in [1.29, 1.82) is 0 Å². The van der Waals surface area contributed by atoms with E-state index in [1.165, 1.54) is 7.05 Å². The summed E-state index contributed by atoms with van der Waals surface area (Å²) in [7, 11) is -1.87. The van der Waals surface area contributed by atoms with E-state index in [0.717, 1.165) is 12.8 Å². The molecule has 0 aliphatic heterocycles. The second kappa shape index (κ2) is 5.43. The van der Waals surface area contributed by atoms with Crippen LogP contribution in [0.3, 0.4) is 0 Å². The average molecular weight is 235 g/mol. The Morgan fingerprint density at radius 3 is 2.60 bits per heavy atom. The van der Waals surface area contributed by atoms with Crippen LogP contribution in [0.2, 0.25) is 0 Å². The number of carbonyl (C=O) groups excluding carboxylic acids is 1. The molecule has 88 valence electrons. The summed E-state index contributed by atoms with van der Waals surface area (Å²) < 4.78 is 24.1. The molecular weight excluding hydrogens is 218 g/mol. The van der Waals surface area contributed by atoms with Crippen molar-refractivity contribution < 1.29 is 13.2 Å². The van der Waals surface area contributed by atoms with E-state index in [1.54, 1.807) is 0 Å². The molecule has 0 unspecified atom stereocenters. The second-order valence-corrected chi connectivity index (χ2v) is 5.57. The van der Waals surface area contributed by atoms with Crippen molar-refractivity contribution in [3.63, 3.8) is 0 Å². The topological polar surface area (TPSA) is 87.3 Å². The van der Waals surface area contributed by atoms with Gasteiger partial charge in [0.25, 0.3) is 0 Å². The fourth-order valence-corrected chi connectivity index (χ4v) is 1.59. The van der Waals surface area contributed by atoms with Crippen LogP contribution in [-0.4, -0.2) is 46.3 Å². The number of sulfonamides is 1. The summed E-state index contributed by atoms with van der Waals surface area (Å²) in [6.07, 6.45) is 2.25. The smallest absolute Gasteiger partial charge is 0.233 e. The molecule has 1 aliphatic carbocycles. The fraction of sp³-hybridized carbons (Fsp3) is 0.875. The van der Waals surface area contributed by atoms with Gasteiger partial charge in [0.1, 0.15) is 0 Å². The summed E-state index contributed by atoms with van der Waals surface area (Å²) in [6, 6.07) is 0.483. The molecule has 0 atom stereocenters. The van der Waals surface area contributed by atoms with Crippen LogP contribution in [-0.2, 0) is 14.8 Å². The Morgan fingerprint density at radius 1 is 1.40 bits per heavy atom. The molecule has 0 aromatic heterocycles. The molecule has 0 heterocycles. The minimum atomic E-state index is -3.22. The second-order valence-electron chi connectivity index (χ2n) is 3.53. The highest BCUT2D eigenvalue weighted by Crippen LogP contribution is 2.17. The van der Waals surface area contributed by atoms with Crippen LogP contribution >= 0.6 is 0 Å². The quantitative estimate of drug-likeness (QED) is 0.496. The first-order valence-corrected chi connectivity index (χ1v) is 6.60. The highest BCUT2D eigenvalue weighted by Gasteiger charge is 2.21. The number of nitrogens with one attached hydrogen (secondary N) is 3. The lowest BCUT2D eigenvalue weighted by molar-refractivity contribution is -0.120. The van der Waals surface area contributed by atoms with E-state index in [0.29, 0.717) is 6.04 Å². The van der Waals surface area contributed by atoms with Crippen molar-refractivity contribution in [1.82, 2.24) is 15.4 Å². The minimum absolute atomic E-state index is 0.0847. The van der Waals surface area contributed by atoms with Gasteiger partial charge in [0.05, 0.1) is 12.3 Å². The average Bonchev–Trinajstić information content (AvgIpc) is 2.98. The zero-order valence-electron chi connectivity index (χ0n) is 8.75. The van der Waals surface area contributed by atoms with Gasteiger partial charge in [-0.15, -0.1) is 0 Å². The Balaban J connectivity index is 2.05. The monoisotopic (exact) mass is 235 g/mol. The van der Waals surface area contributed by atoms with Crippen LogP contribution in [0.4, 0.5) is 0 Å². The standard InChI is InChI=1S/C8H17N3O3S/c1-9-15(13,14)5-4-10-8(12)6-11-7-2-3-7/h7,9,11H,2-6H2,1H3,(H,10,12).